The first-order valence-electron chi connectivity index (χ1n) is 8.26. The minimum absolute atomic E-state index is 0.119. The maximum atomic E-state index is 11.9. The van der Waals surface area contributed by atoms with Crippen LogP contribution in [0.15, 0.2) is 36.7 Å². The maximum absolute atomic E-state index is 11.9. The summed E-state index contributed by atoms with van der Waals surface area (Å²) >= 11 is 0. The van der Waals surface area contributed by atoms with E-state index in [-0.39, 0.29) is 24.3 Å². The van der Waals surface area contributed by atoms with Crippen molar-refractivity contribution in [2.75, 3.05) is 11.9 Å². The van der Waals surface area contributed by atoms with Gasteiger partial charge in [-0.25, -0.2) is 9.67 Å². The van der Waals surface area contributed by atoms with Gasteiger partial charge < -0.3 is 5.32 Å². The van der Waals surface area contributed by atoms with Gasteiger partial charge in [0.15, 0.2) is 0 Å². The average molecular weight is 327 g/mol. The molecule has 0 atom stereocenters. The van der Waals surface area contributed by atoms with E-state index in [0.717, 1.165) is 12.8 Å². The largest absolute Gasteiger partial charge is 0.343 e. The predicted octanol–water partition coefficient (Wildman–Crippen LogP) is 2.15. The van der Waals surface area contributed by atoms with Crippen LogP contribution >= 0.6 is 0 Å². The molecule has 2 aromatic rings. The Morgan fingerprint density at radius 3 is 2.62 bits per heavy atom. The van der Waals surface area contributed by atoms with E-state index in [1.54, 1.807) is 30.6 Å². The van der Waals surface area contributed by atoms with Crippen LogP contribution in [-0.2, 0) is 4.79 Å². The molecule has 0 unspecified atom stereocenters. The van der Waals surface area contributed by atoms with Gasteiger partial charge in [-0.2, -0.15) is 0 Å². The molecule has 2 N–H and O–H groups in total. The first-order chi connectivity index (χ1) is 11.7. The van der Waals surface area contributed by atoms with Crippen LogP contribution < -0.4 is 10.6 Å². The van der Waals surface area contributed by atoms with Gasteiger partial charge >= 0.3 is 0 Å². The molecule has 2 amide bonds. The summed E-state index contributed by atoms with van der Waals surface area (Å²) in [6, 6.07) is 9.14. The number of benzene rings is 1. The second-order valence-corrected chi connectivity index (χ2v) is 5.94. The highest BCUT2D eigenvalue weighted by atomic mass is 16.2. The quantitative estimate of drug-likeness (QED) is 0.880. The number of aromatic nitrogens is 3. The standard InChI is InChI=1S/C17H21N5O2/c23-15(11-18-16(24)13-7-3-1-4-8-13)20-17-19-12-22(21-17)14-9-5-2-6-10-14/h1,3-4,7-8,12,14H,2,5-6,9-11H2,(H,18,24)(H,20,21,23). The van der Waals surface area contributed by atoms with Crippen molar-refractivity contribution in [3.8, 4) is 0 Å². The zero-order chi connectivity index (χ0) is 16.8. The highest BCUT2D eigenvalue weighted by Crippen LogP contribution is 2.27. The van der Waals surface area contributed by atoms with E-state index in [1.807, 2.05) is 10.7 Å². The molecule has 0 saturated heterocycles. The fourth-order valence-corrected chi connectivity index (χ4v) is 2.87. The van der Waals surface area contributed by atoms with Gasteiger partial charge in [0, 0.05) is 5.56 Å². The molecule has 1 aliphatic carbocycles. The number of anilines is 1. The van der Waals surface area contributed by atoms with Crippen molar-refractivity contribution in [1.82, 2.24) is 20.1 Å². The number of hydrogen-bond donors (Lipinski definition) is 2. The van der Waals surface area contributed by atoms with Crippen molar-refractivity contribution in [3.05, 3.63) is 42.2 Å². The highest BCUT2D eigenvalue weighted by molar-refractivity contribution is 5.98. The van der Waals surface area contributed by atoms with Gasteiger partial charge in [0.25, 0.3) is 5.91 Å². The smallest absolute Gasteiger partial charge is 0.251 e. The average Bonchev–Trinajstić information content (AvgIpc) is 3.09. The van der Waals surface area contributed by atoms with Gasteiger partial charge in [0.1, 0.15) is 6.33 Å². The lowest BCUT2D eigenvalue weighted by Gasteiger charge is -2.21. The number of nitrogens with one attached hydrogen (secondary N) is 2. The number of rotatable bonds is 5. The zero-order valence-electron chi connectivity index (χ0n) is 13.4. The lowest BCUT2D eigenvalue weighted by atomic mass is 9.96. The van der Waals surface area contributed by atoms with Crippen LogP contribution in [0.25, 0.3) is 0 Å². The Labute approximate surface area is 140 Å². The molecule has 1 aliphatic rings. The summed E-state index contributed by atoms with van der Waals surface area (Å²) in [6.07, 6.45) is 7.55. The zero-order valence-corrected chi connectivity index (χ0v) is 13.4. The second-order valence-electron chi connectivity index (χ2n) is 5.94. The number of hydrogen-bond acceptors (Lipinski definition) is 4. The number of carbonyl (C=O) groups excluding carboxylic acids is 2. The molecule has 1 heterocycles. The Bertz CT molecular complexity index is 692. The molecule has 7 heteroatoms. The van der Waals surface area contributed by atoms with Gasteiger partial charge in [0.2, 0.25) is 11.9 Å². The van der Waals surface area contributed by atoms with Crippen LogP contribution in [0.4, 0.5) is 5.95 Å². The Balaban J connectivity index is 1.48. The third kappa shape index (κ3) is 4.18. The molecule has 3 rings (SSSR count). The van der Waals surface area contributed by atoms with Crippen LogP contribution in [0.3, 0.4) is 0 Å². The van der Waals surface area contributed by atoms with Gasteiger partial charge in [-0.3, -0.25) is 14.9 Å². The molecule has 0 bridgehead atoms. The predicted molar refractivity (Wildman–Crippen MR) is 89.5 cm³/mol. The van der Waals surface area contributed by atoms with Gasteiger partial charge in [0.05, 0.1) is 12.6 Å². The first-order valence-corrected chi connectivity index (χ1v) is 8.26. The molecule has 1 fully saturated rings. The minimum Gasteiger partial charge on any atom is -0.343 e. The van der Waals surface area contributed by atoms with Gasteiger partial charge in [-0.15, -0.1) is 5.10 Å². The Kier molecular flexibility index (Phi) is 5.20. The molecule has 1 aromatic heterocycles. The summed E-state index contributed by atoms with van der Waals surface area (Å²) in [5.41, 5.74) is 0.519. The van der Waals surface area contributed by atoms with E-state index >= 15 is 0 Å². The van der Waals surface area contributed by atoms with E-state index in [1.165, 1.54) is 19.3 Å². The van der Waals surface area contributed by atoms with Crippen molar-refractivity contribution < 1.29 is 9.59 Å². The molecule has 0 aliphatic heterocycles. The van der Waals surface area contributed by atoms with E-state index < -0.39 is 0 Å². The van der Waals surface area contributed by atoms with Crippen molar-refractivity contribution in [2.24, 2.45) is 0 Å². The summed E-state index contributed by atoms with van der Waals surface area (Å²) in [4.78, 5) is 27.9. The van der Waals surface area contributed by atoms with Crippen LogP contribution in [-0.4, -0.2) is 33.1 Å². The molecular weight excluding hydrogens is 306 g/mol. The minimum atomic E-state index is -0.347. The summed E-state index contributed by atoms with van der Waals surface area (Å²) in [6.45, 7) is -0.119. The van der Waals surface area contributed by atoms with Gasteiger partial charge in [-0.1, -0.05) is 37.5 Å². The van der Waals surface area contributed by atoms with Crippen LogP contribution in [0, 0.1) is 0 Å². The van der Waals surface area contributed by atoms with E-state index in [0.29, 0.717) is 11.6 Å². The fraction of sp³-hybridized carbons (Fsp3) is 0.412. The Morgan fingerprint density at radius 1 is 1.12 bits per heavy atom. The summed E-state index contributed by atoms with van der Waals surface area (Å²) in [7, 11) is 0. The normalized spacial score (nSPS) is 15.0. The van der Waals surface area contributed by atoms with Crippen molar-refractivity contribution in [3.63, 3.8) is 0 Å². The maximum Gasteiger partial charge on any atom is 0.251 e. The summed E-state index contributed by atoms with van der Waals surface area (Å²) in [5.74, 6) is -0.355. The molecule has 126 valence electrons. The van der Waals surface area contributed by atoms with Crippen LogP contribution in [0.1, 0.15) is 48.5 Å². The Morgan fingerprint density at radius 2 is 1.88 bits per heavy atom. The Hall–Kier alpha value is -2.70. The monoisotopic (exact) mass is 327 g/mol. The molecule has 1 saturated carbocycles. The second kappa shape index (κ2) is 7.72. The third-order valence-corrected chi connectivity index (χ3v) is 4.15. The fourth-order valence-electron chi connectivity index (χ4n) is 2.87. The molecule has 0 radical (unpaired) electrons. The van der Waals surface area contributed by atoms with Crippen molar-refractivity contribution in [2.45, 2.75) is 38.1 Å². The van der Waals surface area contributed by atoms with E-state index in [9.17, 15) is 9.59 Å². The molecule has 0 spiro atoms. The molecule has 1 aromatic carbocycles. The summed E-state index contributed by atoms with van der Waals surface area (Å²) < 4.78 is 1.83. The highest BCUT2D eigenvalue weighted by Gasteiger charge is 2.17. The number of amides is 2. The number of nitrogens with zero attached hydrogens (tertiary/aromatic N) is 3. The van der Waals surface area contributed by atoms with Crippen LogP contribution in [0.2, 0.25) is 0 Å². The van der Waals surface area contributed by atoms with E-state index in [4.69, 9.17) is 0 Å². The summed E-state index contributed by atoms with van der Waals surface area (Å²) in [5, 5.41) is 9.51. The first kappa shape index (κ1) is 16.2. The van der Waals surface area contributed by atoms with Crippen LogP contribution in [0.5, 0.6) is 0 Å². The topological polar surface area (TPSA) is 88.9 Å². The number of carbonyl (C=O) groups is 2. The van der Waals surface area contributed by atoms with E-state index in [2.05, 4.69) is 20.7 Å². The molecular formula is C17H21N5O2. The SMILES string of the molecule is O=C(CNC(=O)c1ccccc1)Nc1ncn(C2CCCCC2)n1. The molecule has 24 heavy (non-hydrogen) atoms. The third-order valence-electron chi connectivity index (χ3n) is 4.15. The van der Waals surface area contributed by atoms with Gasteiger partial charge in [-0.05, 0) is 25.0 Å². The lowest BCUT2D eigenvalue weighted by molar-refractivity contribution is -0.115. The van der Waals surface area contributed by atoms with Crippen molar-refractivity contribution >= 4 is 17.8 Å². The molecule has 7 nitrogen and oxygen atoms in total. The lowest BCUT2D eigenvalue weighted by Crippen LogP contribution is -2.33. The van der Waals surface area contributed by atoms with Crippen molar-refractivity contribution in [1.29, 1.82) is 0 Å².